The Balaban J connectivity index is 1.40. The molecule has 0 fully saturated rings. The molecule has 1 aliphatic carbocycles. The molecular weight excluding hydrogens is 432 g/mol. The topological polar surface area (TPSA) is 92.3 Å². The van der Waals surface area contributed by atoms with Crippen molar-refractivity contribution in [3.05, 3.63) is 53.6 Å². The lowest BCUT2D eigenvalue weighted by atomic mass is 9.88. The van der Waals surface area contributed by atoms with Crippen LogP contribution in [-0.4, -0.2) is 31.2 Å². The van der Waals surface area contributed by atoms with Crippen molar-refractivity contribution in [3.63, 3.8) is 0 Å². The molecule has 8 heteroatoms. The van der Waals surface area contributed by atoms with Crippen molar-refractivity contribution in [2.75, 3.05) is 11.1 Å². The molecule has 0 saturated carbocycles. The van der Waals surface area contributed by atoms with Gasteiger partial charge in [-0.25, -0.2) is 8.42 Å². The lowest BCUT2D eigenvalue weighted by Crippen LogP contribution is -2.32. The first-order valence-corrected chi connectivity index (χ1v) is 13.1. The average Bonchev–Trinajstić information content (AvgIpc) is 2.77. The van der Waals surface area contributed by atoms with Crippen LogP contribution in [0.2, 0.25) is 0 Å². The average molecular weight is 459 g/mol. The van der Waals surface area contributed by atoms with Crippen molar-refractivity contribution in [3.8, 4) is 0 Å². The highest BCUT2D eigenvalue weighted by molar-refractivity contribution is 8.01. The van der Waals surface area contributed by atoms with Gasteiger partial charge in [0.25, 0.3) is 0 Å². The Hall–Kier alpha value is -2.32. The van der Waals surface area contributed by atoms with Crippen LogP contribution in [0.15, 0.2) is 52.3 Å². The Labute approximate surface area is 187 Å². The molecule has 2 atom stereocenters. The second kappa shape index (κ2) is 9.04. The zero-order chi connectivity index (χ0) is 22.0. The van der Waals surface area contributed by atoms with Crippen LogP contribution in [0.4, 0.5) is 5.69 Å². The van der Waals surface area contributed by atoms with Gasteiger partial charge in [0.2, 0.25) is 11.8 Å². The largest absolute Gasteiger partial charge is 0.349 e. The molecule has 2 amide bonds. The smallest absolute Gasteiger partial charge is 0.237 e. The van der Waals surface area contributed by atoms with Crippen molar-refractivity contribution < 1.29 is 18.0 Å². The fraction of sp³-hybridized carbons (Fsp3) is 0.391. The molecule has 2 aromatic rings. The second-order valence-corrected chi connectivity index (χ2v) is 11.3. The number of anilines is 1. The molecule has 2 aromatic carbocycles. The van der Waals surface area contributed by atoms with Crippen molar-refractivity contribution >= 4 is 39.1 Å². The van der Waals surface area contributed by atoms with Gasteiger partial charge < -0.3 is 10.6 Å². The van der Waals surface area contributed by atoms with Gasteiger partial charge in [-0.1, -0.05) is 31.2 Å². The number of benzene rings is 2. The van der Waals surface area contributed by atoms with Crippen LogP contribution in [-0.2, 0) is 25.8 Å². The molecule has 0 aromatic heterocycles. The van der Waals surface area contributed by atoms with E-state index in [1.165, 1.54) is 23.4 Å². The molecule has 0 bridgehead atoms. The van der Waals surface area contributed by atoms with E-state index in [4.69, 9.17) is 0 Å². The molecular formula is C23H26N2O4S2. The highest BCUT2D eigenvalue weighted by Gasteiger charge is 2.27. The molecule has 2 unspecified atom stereocenters. The number of amides is 2. The lowest BCUT2D eigenvalue weighted by molar-refractivity contribution is -0.121. The first kappa shape index (κ1) is 21.9. The number of fused-ring (bicyclic) bond motifs is 2. The number of aryl methyl sites for hydroxylation is 1. The normalized spacial score (nSPS) is 20.4. The zero-order valence-corrected chi connectivity index (χ0v) is 19.0. The molecule has 0 spiro atoms. The summed E-state index contributed by atoms with van der Waals surface area (Å²) in [4.78, 5) is 25.6. The number of sulfone groups is 1. The van der Waals surface area contributed by atoms with Crippen LogP contribution < -0.4 is 10.6 Å². The second-order valence-electron chi connectivity index (χ2n) is 7.94. The van der Waals surface area contributed by atoms with Crippen molar-refractivity contribution in [1.29, 1.82) is 0 Å². The van der Waals surface area contributed by atoms with Gasteiger partial charge in [0.15, 0.2) is 9.84 Å². The van der Waals surface area contributed by atoms with E-state index in [0.717, 1.165) is 29.7 Å². The maximum atomic E-state index is 12.8. The Morgan fingerprint density at radius 2 is 2.03 bits per heavy atom. The molecule has 4 rings (SSSR count). The number of rotatable bonds is 6. The van der Waals surface area contributed by atoms with E-state index in [9.17, 15) is 18.0 Å². The molecule has 1 heterocycles. The molecule has 1 aliphatic heterocycles. The van der Waals surface area contributed by atoms with Crippen LogP contribution in [0, 0.1) is 0 Å². The predicted octanol–water partition coefficient (Wildman–Crippen LogP) is 3.87. The minimum atomic E-state index is -3.65. The quantitative estimate of drug-likeness (QED) is 0.686. The first-order chi connectivity index (χ1) is 14.9. The monoisotopic (exact) mass is 458 g/mol. The SMILES string of the molecule is CCC1Sc2ccc(S(=O)(=O)CCC(=O)NC3CCCc4ccccc43)cc2NC1=O. The first-order valence-electron chi connectivity index (χ1n) is 10.6. The van der Waals surface area contributed by atoms with Gasteiger partial charge in [-0.05, 0) is 55.0 Å². The summed E-state index contributed by atoms with van der Waals surface area (Å²) in [6.45, 7) is 1.94. The predicted molar refractivity (Wildman–Crippen MR) is 122 cm³/mol. The maximum absolute atomic E-state index is 12.8. The van der Waals surface area contributed by atoms with Crippen molar-refractivity contribution in [2.45, 2.75) is 60.1 Å². The lowest BCUT2D eigenvalue weighted by Gasteiger charge is -2.26. The van der Waals surface area contributed by atoms with E-state index in [-0.39, 0.29) is 40.2 Å². The highest BCUT2D eigenvalue weighted by atomic mass is 32.2. The summed E-state index contributed by atoms with van der Waals surface area (Å²) in [7, 11) is -3.65. The third-order valence-corrected chi connectivity index (χ3v) is 8.96. The van der Waals surface area contributed by atoms with E-state index in [0.29, 0.717) is 12.1 Å². The Bertz CT molecular complexity index is 1110. The minimum Gasteiger partial charge on any atom is -0.349 e. The molecule has 31 heavy (non-hydrogen) atoms. The third-order valence-electron chi connectivity index (χ3n) is 5.80. The van der Waals surface area contributed by atoms with Crippen molar-refractivity contribution in [1.82, 2.24) is 5.32 Å². The fourth-order valence-corrected chi connectivity index (χ4v) is 6.39. The van der Waals surface area contributed by atoms with E-state index >= 15 is 0 Å². The van der Waals surface area contributed by atoms with E-state index < -0.39 is 9.84 Å². The number of hydrogen-bond donors (Lipinski definition) is 2. The molecule has 2 aliphatic rings. The third kappa shape index (κ3) is 4.80. The van der Waals surface area contributed by atoms with E-state index in [1.54, 1.807) is 12.1 Å². The summed E-state index contributed by atoms with van der Waals surface area (Å²) in [6, 6.07) is 12.8. The Morgan fingerprint density at radius 1 is 1.23 bits per heavy atom. The number of nitrogens with one attached hydrogen (secondary N) is 2. The number of carbonyl (C=O) groups excluding carboxylic acids is 2. The summed E-state index contributed by atoms with van der Waals surface area (Å²) in [6.07, 6.45) is 3.46. The number of thioether (sulfide) groups is 1. The Morgan fingerprint density at radius 3 is 2.84 bits per heavy atom. The summed E-state index contributed by atoms with van der Waals surface area (Å²) in [5.74, 6) is -0.649. The summed E-state index contributed by atoms with van der Waals surface area (Å²) in [5, 5.41) is 5.64. The van der Waals surface area contributed by atoms with Gasteiger partial charge in [-0.2, -0.15) is 0 Å². The minimum absolute atomic E-state index is 0.0670. The van der Waals surface area contributed by atoms with Gasteiger partial charge in [0.05, 0.1) is 27.6 Å². The van der Waals surface area contributed by atoms with Crippen molar-refractivity contribution in [2.24, 2.45) is 0 Å². The molecule has 0 radical (unpaired) electrons. The summed E-state index contributed by atoms with van der Waals surface area (Å²) < 4.78 is 25.6. The van der Waals surface area contributed by atoms with Crippen LogP contribution in [0.1, 0.15) is 49.8 Å². The maximum Gasteiger partial charge on any atom is 0.237 e. The van der Waals surface area contributed by atoms with Gasteiger partial charge >= 0.3 is 0 Å². The van der Waals surface area contributed by atoms with Crippen LogP contribution in [0.25, 0.3) is 0 Å². The molecule has 2 N–H and O–H groups in total. The van der Waals surface area contributed by atoms with E-state index in [2.05, 4.69) is 16.7 Å². The number of hydrogen-bond acceptors (Lipinski definition) is 5. The highest BCUT2D eigenvalue weighted by Crippen LogP contribution is 2.38. The van der Waals surface area contributed by atoms with Crippen LogP contribution in [0.3, 0.4) is 0 Å². The Kier molecular flexibility index (Phi) is 6.39. The van der Waals surface area contributed by atoms with Gasteiger partial charge in [-0.15, -0.1) is 11.8 Å². The fourth-order valence-electron chi connectivity index (χ4n) is 4.11. The zero-order valence-electron chi connectivity index (χ0n) is 17.4. The van der Waals surface area contributed by atoms with E-state index in [1.807, 2.05) is 25.1 Å². The number of carbonyl (C=O) groups is 2. The van der Waals surface area contributed by atoms with Crippen LogP contribution in [0.5, 0.6) is 0 Å². The standard InChI is InChI=1S/C23H26N2O4S2/c1-2-20-23(27)25-19-14-16(10-11-21(19)30-20)31(28,29)13-12-22(26)24-18-9-5-7-15-6-3-4-8-17(15)18/h3-4,6,8,10-11,14,18,20H,2,5,7,9,12-13H2,1H3,(H,24,26)(H,25,27). The van der Waals surface area contributed by atoms with Gasteiger partial charge in [0.1, 0.15) is 0 Å². The molecule has 0 saturated heterocycles. The summed E-state index contributed by atoms with van der Waals surface area (Å²) >= 11 is 1.45. The van der Waals surface area contributed by atoms with Crippen LogP contribution >= 0.6 is 11.8 Å². The molecule has 6 nitrogen and oxygen atoms in total. The molecule has 164 valence electrons. The van der Waals surface area contributed by atoms with Gasteiger partial charge in [-0.3, -0.25) is 9.59 Å². The van der Waals surface area contributed by atoms with Gasteiger partial charge in [0, 0.05) is 11.3 Å². The summed E-state index contributed by atoms with van der Waals surface area (Å²) in [5.41, 5.74) is 2.88.